The molecule has 0 radical (unpaired) electrons. The predicted molar refractivity (Wildman–Crippen MR) is 87.6 cm³/mol. The van der Waals surface area contributed by atoms with Crippen LogP contribution >= 0.6 is 0 Å². The van der Waals surface area contributed by atoms with Crippen LogP contribution < -0.4 is 16.0 Å². The summed E-state index contributed by atoms with van der Waals surface area (Å²) in [4.78, 5) is 42.4. The Hall–Kier alpha value is -3.23. The lowest BCUT2D eigenvalue weighted by atomic mass is 10.0. The number of methoxy groups -OCH3 is 1. The summed E-state index contributed by atoms with van der Waals surface area (Å²) in [5.41, 5.74) is -1.19. The van der Waals surface area contributed by atoms with E-state index in [0.717, 1.165) is 6.07 Å². The van der Waals surface area contributed by atoms with E-state index < -0.39 is 28.9 Å². The molecule has 0 aliphatic carbocycles. The summed E-state index contributed by atoms with van der Waals surface area (Å²) in [6.07, 6.45) is 1.28. The van der Waals surface area contributed by atoms with Gasteiger partial charge in [-0.15, -0.1) is 0 Å². The second-order valence-corrected chi connectivity index (χ2v) is 5.53. The number of rotatable bonds is 4. The van der Waals surface area contributed by atoms with E-state index in [-0.39, 0.29) is 16.7 Å². The van der Waals surface area contributed by atoms with Crippen LogP contribution in [0.4, 0.5) is 4.39 Å². The standard InChI is InChI=1S/C16H15FN4O4/c1-8(13(22)10-5-4-9(25-3)6-11(10)17)21-7-18-12-14(23)19-16(24)20(2)15(12)21/h4-8H,1-3H3,(H,19,23,24). The van der Waals surface area contributed by atoms with E-state index in [2.05, 4.69) is 9.97 Å². The minimum Gasteiger partial charge on any atom is -0.497 e. The van der Waals surface area contributed by atoms with Crippen LogP contribution in [0.15, 0.2) is 34.1 Å². The lowest BCUT2D eigenvalue weighted by Crippen LogP contribution is -2.30. The van der Waals surface area contributed by atoms with Gasteiger partial charge in [0.25, 0.3) is 5.56 Å². The number of aromatic amines is 1. The third-order valence-corrected chi connectivity index (χ3v) is 4.06. The summed E-state index contributed by atoms with van der Waals surface area (Å²) in [5.74, 6) is -0.941. The number of ketones is 1. The average molecular weight is 346 g/mol. The SMILES string of the molecule is COc1ccc(C(=O)C(C)n2cnc3c(=O)[nH]c(=O)n(C)c32)c(F)c1. The fraction of sp³-hybridized carbons (Fsp3) is 0.250. The molecule has 0 aliphatic rings. The first-order valence-electron chi connectivity index (χ1n) is 7.38. The number of aryl methyl sites for hydroxylation is 1. The van der Waals surface area contributed by atoms with Crippen molar-refractivity contribution in [3.63, 3.8) is 0 Å². The quantitative estimate of drug-likeness (QED) is 0.711. The first-order valence-corrected chi connectivity index (χ1v) is 7.38. The number of fused-ring (bicyclic) bond motifs is 1. The third-order valence-electron chi connectivity index (χ3n) is 4.06. The molecule has 0 saturated carbocycles. The van der Waals surface area contributed by atoms with Gasteiger partial charge in [-0.25, -0.2) is 14.2 Å². The highest BCUT2D eigenvalue weighted by atomic mass is 19.1. The van der Waals surface area contributed by atoms with E-state index in [1.807, 2.05) is 0 Å². The highest BCUT2D eigenvalue weighted by Gasteiger charge is 2.24. The smallest absolute Gasteiger partial charge is 0.329 e. The summed E-state index contributed by atoms with van der Waals surface area (Å²) < 4.78 is 21.6. The number of hydrogen-bond acceptors (Lipinski definition) is 5. The molecule has 3 rings (SSSR count). The maximum absolute atomic E-state index is 14.2. The zero-order valence-corrected chi connectivity index (χ0v) is 13.7. The number of hydrogen-bond donors (Lipinski definition) is 1. The number of benzene rings is 1. The van der Waals surface area contributed by atoms with Crippen LogP contribution in [0.1, 0.15) is 23.3 Å². The molecule has 0 aliphatic heterocycles. The predicted octanol–water partition coefficient (Wildman–Crippen LogP) is 1.01. The van der Waals surface area contributed by atoms with Crippen molar-refractivity contribution in [3.05, 3.63) is 56.7 Å². The second kappa shape index (κ2) is 6.00. The van der Waals surface area contributed by atoms with Gasteiger partial charge in [-0.1, -0.05) is 0 Å². The van der Waals surface area contributed by atoms with Gasteiger partial charge in [-0.3, -0.25) is 19.1 Å². The molecule has 9 heteroatoms. The Morgan fingerprint density at radius 2 is 2.08 bits per heavy atom. The number of carbonyl (C=O) groups is 1. The van der Waals surface area contributed by atoms with E-state index >= 15 is 0 Å². The zero-order chi connectivity index (χ0) is 18.3. The number of imidazole rings is 1. The van der Waals surface area contributed by atoms with Crippen LogP contribution in [0.2, 0.25) is 0 Å². The fourth-order valence-electron chi connectivity index (χ4n) is 2.64. The van der Waals surface area contributed by atoms with Crippen molar-refractivity contribution >= 4 is 16.9 Å². The lowest BCUT2D eigenvalue weighted by molar-refractivity contribution is 0.0932. The Bertz CT molecular complexity index is 1100. The number of aromatic nitrogens is 4. The molecular weight excluding hydrogens is 331 g/mol. The van der Waals surface area contributed by atoms with Crippen LogP contribution in [0, 0.1) is 5.82 Å². The molecule has 130 valence electrons. The van der Waals surface area contributed by atoms with Crippen molar-refractivity contribution in [3.8, 4) is 5.75 Å². The highest BCUT2D eigenvalue weighted by Crippen LogP contribution is 2.22. The number of nitrogens with zero attached hydrogens (tertiary/aromatic N) is 3. The average Bonchev–Trinajstić information content (AvgIpc) is 3.04. The van der Waals surface area contributed by atoms with Gasteiger partial charge in [0.05, 0.1) is 25.0 Å². The minimum atomic E-state index is -0.875. The monoisotopic (exact) mass is 346 g/mol. The Labute approximate surface area is 140 Å². The Morgan fingerprint density at radius 3 is 2.72 bits per heavy atom. The van der Waals surface area contributed by atoms with E-state index in [9.17, 15) is 18.8 Å². The molecule has 8 nitrogen and oxygen atoms in total. The summed E-state index contributed by atoms with van der Waals surface area (Å²) in [6, 6.07) is 3.06. The Kier molecular flexibility index (Phi) is 3.99. The van der Waals surface area contributed by atoms with E-state index in [0.29, 0.717) is 5.75 Å². The minimum absolute atomic E-state index is 0.0250. The molecule has 25 heavy (non-hydrogen) atoms. The molecule has 3 aromatic rings. The van der Waals surface area contributed by atoms with Crippen LogP contribution in [0.25, 0.3) is 11.2 Å². The van der Waals surface area contributed by atoms with Crippen molar-refractivity contribution in [2.24, 2.45) is 7.05 Å². The van der Waals surface area contributed by atoms with E-state index in [1.54, 1.807) is 6.92 Å². The maximum atomic E-state index is 14.2. The Balaban J connectivity index is 2.11. The molecule has 1 atom stereocenters. The van der Waals surface area contributed by atoms with Crippen molar-refractivity contribution in [1.82, 2.24) is 19.1 Å². The number of ether oxygens (including phenoxy) is 1. The van der Waals surface area contributed by atoms with E-state index in [1.165, 1.54) is 41.8 Å². The van der Waals surface area contributed by atoms with Gasteiger partial charge in [-0.05, 0) is 19.1 Å². The number of nitrogens with one attached hydrogen (secondary N) is 1. The first-order chi connectivity index (χ1) is 11.8. The van der Waals surface area contributed by atoms with Crippen LogP contribution in [0.5, 0.6) is 5.75 Å². The molecule has 2 aromatic heterocycles. The lowest BCUT2D eigenvalue weighted by Gasteiger charge is -2.15. The molecule has 1 unspecified atom stereocenters. The van der Waals surface area contributed by atoms with Gasteiger partial charge in [0.15, 0.2) is 16.9 Å². The van der Waals surface area contributed by atoms with Gasteiger partial charge in [-0.2, -0.15) is 0 Å². The third kappa shape index (κ3) is 2.63. The topological polar surface area (TPSA) is 99.0 Å². The van der Waals surface area contributed by atoms with Gasteiger partial charge in [0, 0.05) is 13.1 Å². The van der Waals surface area contributed by atoms with Crippen LogP contribution in [-0.4, -0.2) is 32.0 Å². The summed E-state index contributed by atoms with van der Waals surface area (Å²) in [6.45, 7) is 1.54. The molecule has 0 fully saturated rings. The van der Waals surface area contributed by atoms with Crippen molar-refractivity contribution in [1.29, 1.82) is 0 Å². The summed E-state index contributed by atoms with van der Waals surface area (Å²) in [7, 11) is 2.85. The van der Waals surface area contributed by atoms with E-state index in [4.69, 9.17) is 4.74 Å². The molecule has 2 heterocycles. The molecule has 1 N–H and O–H groups in total. The normalized spacial score (nSPS) is 12.3. The molecule has 0 bridgehead atoms. The fourth-order valence-corrected chi connectivity index (χ4v) is 2.64. The molecule has 0 spiro atoms. The maximum Gasteiger partial charge on any atom is 0.329 e. The number of carbonyl (C=O) groups excluding carboxylic acids is 1. The largest absolute Gasteiger partial charge is 0.497 e. The zero-order valence-electron chi connectivity index (χ0n) is 13.7. The number of Topliss-reactive ketones (excluding diaryl/α,β-unsaturated/α-hetero) is 1. The first kappa shape index (κ1) is 16.6. The highest BCUT2D eigenvalue weighted by molar-refractivity contribution is 5.99. The molecule has 1 aromatic carbocycles. The van der Waals surface area contributed by atoms with Gasteiger partial charge < -0.3 is 9.30 Å². The summed E-state index contributed by atoms with van der Waals surface area (Å²) >= 11 is 0. The van der Waals surface area contributed by atoms with Crippen molar-refractivity contribution < 1.29 is 13.9 Å². The van der Waals surface area contributed by atoms with Crippen molar-refractivity contribution in [2.45, 2.75) is 13.0 Å². The van der Waals surface area contributed by atoms with Gasteiger partial charge in [0.2, 0.25) is 0 Å². The van der Waals surface area contributed by atoms with Gasteiger partial charge >= 0.3 is 5.69 Å². The molecular formula is C16H15FN4O4. The second-order valence-electron chi connectivity index (χ2n) is 5.53. The number of H-pyrrole nitrogens is 1. The van der Waals surface area contributed by atoms with Crippen LogP contribution in [-0.2, 0) is 7.05 Å². The summed E-state index contributed by atoms with van der Waals surface area (Å²) in [5, 5.41) is 0. The molecule has 0 amide bonds. The number of halogens is 1. The van der Waals surface area contributed by atoms with Gasteiger partial charge in [0.1, 0.15) is 11.6 Å². The Morgan fingerprint density at radius 1 is 1.36 bits per heavy atom. The van der Waals surface area contributed by atoms with Crippen molar-refractivity contribution in [2.75, 3.05) is 7.11 Å². The molecule has 0 saturated heterocycles. The van der Waals surface area contributed by atoms with Crippen LogP contribution in [0.3, 0.4) is 0 Å².